The van der Waals surface area contributed by atoms with E-state index in [1.54, 1.807) is 29.2 Å². The number of hydrogen-bond acceptors (Lipinski definition) is 5. The molecule has 4 rings (SSSR count). The van der Waals surface area contributed by atoms with Gasteiger partial charge in [0.2, 0.25) is 5.82 Å². The normalized spacial score (nSPS) is 10.9. The van der Waals surface area contributed by atoms with Gasteiger partial charge >= 0.3 is 0 Å². The monoisotopic (exact) mass is 332 g/mol. The predicted molar refractivity (Wildman–Crippen MR) is 93.1 cm³/mol. The van der Waals surface area contributed by atoms with Crippen molar-refractivity contribution in [3.05, 3.63) is 60.9 Å². The van der Waals surface area contributed by atoms with Gasteiger partial charge in [-0.1, -0.05) is 24.3 Å². The Bertz CT molecular complexity index is 1020. The van der Waals surface area contributed by atoms with Gasteiger partial charge in [-0.3, -0.25) is 4.57 Å². The molecule has 2 aromatic carbocycles. The van der Waals surface area contributed by atoms with Crippen molar-refractivity contribution < 1.29 is 5.11 Å². The van der Waals surface area contributed by atoms with Crippen LogP contribution in [0.15, 0.2) is 60.9 Å². The fourth-order valence-corrected chi connectivity index (χ4v) is 2.66. The van der Waals surface area contributed by atoms with Crippen LogP contribution in [-0.4, -0.2) is 34.9 Å². The molecule has 0 amide bonds. The van der Waals surface area contributed by atoms with Crippen molar-refractivity contribution in [2.24, 2.45) is 0 Å². The summed E-state index contributed by atoms with van der Waals surface area (Å²) in [5.74, 6) is 1.54. The summed E-state index contributed by atoms with van der Waals surface area (Å²) in [5.41, 5.74) is 2.65. The van der Waals surface area contributed by atoms with E-state index in [9.17, 15) is 5.11 Å². The minimum atomic E-state index is 0.209. The molecule has 124 valence electrons. The Morgan fingerprint density at radius 3 is 2.68 bits per heavy atom. The first kappa shape index (κ1) is 15.1. The molecule has 0 unspecified atom stereocenters. The van der Waals surface area contributed by atoms with Gasteiger partial charge in [-0.15, -0.1) is 10.2 Å². The standard InChI is InChI=1S/C18H16N6O/c1-2-24-21-17(20-22-24)13-5-3-7-15(11-13)23-10-9-19-18(23)14-6-4-8-16(25)12-14/h3-12,25H,2H2,1H3. The fraction of sp³-hybridized carbons (Fsp3) is 0.111. The van der Waals surface area contributed by atoms with Crippen LogP contribution >= 0.6 is 0 Å². The molecule has 2 heterocycles. The third kappa shape index (κ3) is 2.87. The maximum Gasteiger partial charge on any atom is 0.204 e. The summed E-state index contributed by atoms with van der Waals surface area (Å²) < 4.78 is 1.96. The molecular formula is C18H16N6O. The number of aromatic nitrogens is 6. The van der Waals surface area contributed by atoms with Crippen LogP contribution in [0.3, 0.4) is 0 Å². The van der Waals surface area contributed by atoms with Crippen LogP contribution in [0, 0.1) is 0 Å². The molecule has 0 spiro atoms. The predicted octanol–water partition coefficient (Wildman–Crippen LogP) is 2.92. The maximum absolute atomic E-state index is 9.73. The summed E-state index contributed by atoms with van der Waals surface area (Å²) in [6, 6.07) is 14.9. The van der Waals surface area contributed by atoms with Crippen LogP contribution in [0.4, 0.5) is 0 Å². The van der Waals surface area contributed by atoms with Crippen molar-refractivity contribution in [2.45, 2.75) is 13.5 Å². The number of nitrogens with zero attached hydrogens (tertiary/aromatic N) is 6. The Morgan fingerprint density at radius 2 is 1.88 bits per heavy atom. The SMILES string of the molecule is CCn1nnc(-c2cccc(-n3ccnc3-c3cccc(O)c3)c2)n1. The Labute approximate surface area is 144 Å². The first-order chi connectivity index (χ1) is 12.2. The Hall–Kier alpha value is -3.48. The van der Waals surface area contributed by atoms with Gasteiger partial charge in [-0.25, -0.2) is 4.98 Å². The van der Waals surface area contributed by atoms with E-state index >= 15 is 0 Å². The van der Waals surface area contributed by atoms with E-state index in [0.717, 1.165) is 22.6 Å². The zero-order valence-corrected chi connectivity index (χ0v) is 13.6. The molecule has 0 fully saturated rings. The van der Waals surface area contributed by atoms with Crippen molar-refractivity contribution in [1.29, 1.82) is 0 Å². The van der Waals surface area contributed by atoms with Gasteiger partial charge in [0.05, 0.1) is 6.54 Å². The number of imidazole rings is 1. The number of phenols is 1. The summed E-state index contributed by atoms with van der Waals surface area (Å²) in [7, 11) is 0. The number of benzene rings is 2. The second-order valence-corrected chi connectivity index (χ2v) is 5.52. The van der Waals surface area contributed by atoms with Crippen molar-refractivity contribution in [3.8, 4) is 34.2 Å². The number of aryl methyl sites for hydroxylation is 1. The number of rotatable bonds is 4. The summed E-state index contributed by atoms with van der Waals surface area (Å²) in [4.78, 5) is 5.98. The summed E-state index contributed by atoms with van der Waals surface area (Å²) >= 11 is 0. The van der Waals surface area contributed by atoms with Crippen LogP contribution < -0.4 is 0 Å². The van der Waals surface area contributed by atoms with Crippen LogP contribution in [0.5, 0.6) is 5.75 Å². The van der Waals surface area contributed by atoms with Gasteiger partial charge in [0.15, 0.2) is 0 Å². The molecule has 7 heteroatoms. The Balaban J connectivity index is 1.76. The van der Waals surface area contributed by atoms with E-state index in [1.165, 1.54) is 0 Å². The molecule has 2 aromatic heterocycles. The maximum atomic E-state index is 9.73. The van der Waals surface area contributed by atoms with E-state index in [1.807, 2.05) is 48.0 Å². The number of phenolic OH excluding ortho intramolecular Hbond substituents is 1. The molecule has 7 nitrogen and oxygen atoms in total. The number of hydrogen-bond donors (Lipinski definition) is 1. The quantitative estimate of drug-likeness (QED) is 0.621. The van der Waals surface area contributed by atoms with Gasteiger partial charge in [-0.2, -0.15) is 4.80 Å². The van der Waals surface area contributed by atoms with Gasteiger partial charge in [0.1, 0.15) is 11.6 Å². The smallest absolute Gasteiger partial charge is 0.204 e. The highest BCUT2D eigenvalue weighted by atomic mass is 16.3. The third-order valence-corrected chi connectivity index (χ3v) is 3.86. The summed E-state index contributed by atoms with van der Waals surface area (Å²) in [6.07, 6.45) is 3.62. The van der Waals surface area contributed by atoms with Crippen molar-refractivity contribution >= 4 is 0 Å². The molecule has 25 heavy (non-hydrogen) atoms. The van der Waals surface area contributed by atoms with Gasteiger partial charge < -0.3 is 5.11 Å². The number of tetrazole rings is 1. The second kappa shape index (κ2) is 6.20. The highest BCUT2D eigenvalue weighted by Crippen LogP contribution is 2.26. The lowest BCUT2D eigenvalue weighted by molar-refractivity contribution is 0.475. The molecule has 0 aliphatic heterocycles. The second-order valence-electron chi connectivity index (χ2n) is 5.52. The van der Waals surface area contributed by atoms with Crippen molar-refractivity contribution in [1.82, 2.24) is 29.8 Å². The molecule has 4 aromatic rings. The first-order valence-electron chi connectivity index (χ1n) is 7.96. The van der Waals surface area contributed by atoms with E-state index in [0.29, 0.717) is 12.4 Å². The minimum Gasteiger partial charge on any atom is -0.508 e. The Morgan fingerprint density at radius 1 is 1.04 bits per heavy atom. The molecule has 0 aliphatic carbocycles. The molecule has 0 atom stereocenters. The first-order valence-corrected chi connectivity index (χ1v) is 7.96. The molecule has 0 saturated heterocycles. The largest absolute Gasteiger partial charge is 0.508 e. The van der Waals surface area contributed by atoms with Gasteiger partial charge in [0, 0.05) is 29.2 Å². The number of aromatic hydroxyl groups is 1. The van der Waals surface area contributed by atoms with E-state index < -0.39 is 0 Å². The summed E-state index contributed by atoms with van der Waals surface area (Å²) in [5, 5.41) is 22.2. The lowest BCUT2D eigenvalue weighted by Crippen LogP contribution is -1.98. The topological polar surface area (TPSA) is 81.7 Å². The van der Waals surface area contributed by atoms with E-state index in [4.69, 9.17) is 0 Å². The molecule has 1 N–H and O–H groups in total. The molecule has 0 radical (unpaired) electrons. The molecular weight excluding hydrogens is 316 g/mol. The highest BCUT2D eigenvalue weighted by molar-refractivity contribution is 5.63. The zero-order valence-electron chi connectivity index (χ0n) is 13.6. The Kier molecular flexibility index (Phi) is 3.74. The van der Waals surface area contributed by atoms with Gasteiger partial charge in [-0.05, 0) is 36.4 Å². The lowest BCUT2D eigenvalue weighted by atomic mass is 10.1. The summed E-state index contributed by atoms with van der Waals surface area (Å²) in [6.45, 7) is 2.64. The van der Waals surface area contributed by atoms with Gasteiger partial charge in [0.25, 0.3) is 0 Å². The molecule has 0 bridgehead atoms. The van der Waals surface area contributed by atoms with E-state index in [2.05, 4.69) is 20.4 Å². The highest BCUT2D eigenvalue weighted by Gasteiger charge is 2.11. The zero-order chi connectivity index (χ0) is 17.2. The van der Waals surface area contributed by atoms with Crippen LogP contribution in [0.25, 0.3) is 28.5 Å². The van der Waals surface area contributed by atoms with Crippen molar-refractivity contribution in [3.63, 3.8) is 0 Å². The lowest BCUT2D eigenvalue weighted by Gasteiger charge is -2.09. The third-order valence-electron chi connectivity index (χ3n) is 3.86. The fourth-order valence-electron chi connectivity index (χ4n) is 2.66. The van der Waals surface area contributed by atoms with Crippen LogP contribution in [-0.2, 0) is 6.54 Å². The minimum absolute atomic E-state index is 0.209. The molecule has 0 aliphatic rings. The average molecular weight is 332 g/mol. The van der Waals surface area contributed by atoms with E-state index in [-0.39, 0.29) is 5.75 Å². The molecule has 0 saturated carbocycles. The van der Waals surface area contributed by atoms with Crippen molar-refractivity contribution in [2.75, 3.05) is 0 Å². The van der Waals surface area contributed by atoms with Crippen LogP contribution in [0.2, 0.25) is 0 Å². The average Bonchev–Trinajstić information content (AvgIpc) is 3.31. The van der Waals surface area contributed by atoms with Crippen LogP contribution in [0.1, 0.15) is 6.92 Å².